The summed E-state index contributed by atoms with van der Waals surface area (Å²) in [7, 11) is 0. The molecular formula is C27H26ClF4N7. The van der Waals surface area contributed by atoms with E-state index in [9.17, 15) is 17.6 Å². The lowest BCUT2D eigenvalue weighted by Crippen LogP contribution is -2.78. The van der Waals surface area contributed by atoms with Crippen LogP contribution < -0.4 is 4.90 Å². The topological polar surface area (TPSA) is 63.0 Å². The fourth-order valence-corrected chi connectivity index (χ4v) is 8.11. The molecule has 0 N–H and O–H groups in total. The largest absolute Gasteiger partial charge is 0.394 e. The SMILES string of the molecule is Cc1nc(N2CC3(CC(c4nnc5n4-c4ccc(Cl)cc4CN(C46CC(C(F)(F)F)(C4)C6)C5)C3)C2)ncc1F. The van der Waals surface area contributed by atoms with Gasteiger partial charge in [-0.3, -0.25) is 9.47 Å². The van der Waals surface area contributed by atoms with E-state index >= 15 is 0 Å². The molecule has 0 unspecified atom stereocenters. The van der Waals surface area contributed by atoms with Gasteiger partial charge in [0.25, 0.3) is 0 Å². The minimum Gasteiger partial charge on any atom is -0.340 e. The minimum absolute atomic E-state index is 0.152. The molecule has 1 aromatic carbocycles. The fourth-order valence-electron chi connectivity index (χ4n) is 7.92. The summed E-state index contributed by atoms with van der Waals surface area (Å²) in [5, 5.41) is 9.80. The molecular weight excluding hydrogens is 534 g/mol. The second-order valence-electron chi connectivity index (χ2n) is 12.5. The number of halogens is 5. The van der Waals surface area contributed by atoms with Crippen LogP contribution in [0.4, 0.5) is 23.5 Å². The Morgan fingerprint density at radius 2 is 1.79 bits per heavy atom. The molecule has 4 heterocycles. The lowest BCUT2D eigenvalue weighted by atomic mass is 9.38. The highest BCUT2D eigenvalue weighted by Gasteiger charge is 2.80. The zero-order chi connectivity index (χ0) is 26.9. The molecule has 0 amide bonds. The smallest absolute Gasteiger partial charge is 0.340 e. The van der Waals surface area contributed by atoms with E-state index in [2.05, 4.69) is 34.5 Å². The Morgan fingerprint density at radius 1 is 1.05 bits per heavy atom. The van der Waals surface area contributed by atoms with Crippen molar-refractivity contribution in [1.29, 1.82) is 0 Å². The first-order chi connectivity index (χ1) is 18.5. The van der Waals surface area contributed by atoms with Crippen molar-refractivity contribution in [2.45, 2.75) is 69.8 Å². The third-order valence-electron chi connectivity index (χ3n) is 9.97. The molecule has 7 nitrogen and oxygen atoms in total. The molecule has 12 heteroatoms. The number of benzene rings is 1. The highest BCUT2D eigenvalue weighted by atomic mass is 35.5. The van der Waals surface area contributed by atoms with Gasteiger partial charge in [-0.2, -0.15) is 13.2 Å². The van der Waals surface area contributed by atoms with Crippen molar-refractivity contribution in [3.8, 4) is 5.69 Å². The fraction of sp³-hybridized carbons (Fsp3) is 0.556. The van der Waals surface area contributed by atoms with Crippen LogP contribution in [0.15, 0.2) is 24.4 Å². The summed E-state index contributed by atoms with van der Waals surface area (Å²) in [6, 6.07) is 5.75. The Morgan fingerprint density at radius 3 is 2.49 bits per heavy atom. The van der Waals surface area contributed by atoms with E-state index in [1.807, 2.05) is 18.2 Å². The Kier molecular flexibility index (Phi) is 4.61. The van der Waals surface area contributed by atoms with Gasteiger partial charge in [0.2, 0.25) is 5.95 Å². The predicted molar refractivity (Wildman–Crippen MR) is 134 cm³/mol. The summed E-state index contributed by atoms with van der Waals surface area (Å²) in [6.45, 7) is 4.27. The Balaban J connectivity index is 1.04. The average Bonchev–Trinajstić information content (AvgIpc) is 3.07. The normalized spacial score (nSPS) is 29.0. The molecule has 204 valence electrons. The molecule has 1 spiro atoms. The number of fused-ring (bicyclic) bond motifs is 3. The highest BCUT2D eigenvalue weighted by molar-refractivity contribution is 6.30. The number of hydrogen-bond acceptors (Lipinski definition) is 6. The van der Waals surface area contributed by atoms with Gasteiger partial charge >= 0.3 is 6.18 Å². The van der Waals surface area contributed by atoms with Crippen LogP contribution in [0, 0.1) is 23.6 Å². The number of aryl methyl sites for hydroxylation is 1. The second kappa shape index (κ2) is 7.48. The quantitative estimate of drug-likeness (QED) is 0.404. The van der Waals surface area contributed by atoms with Crippen LogP contribution in [-0.2, 0) is 13.1 Å². The van der Waals surface area contributed by atoms with E-state index < -0.39 is 22.9 Å². The molecule has 2 bridgehead atoms. The van der Waals surface area contributed by atoms with E-state index in [1.54, 1.807) is 6.92 Å². The number of rotatable bonds is 3. The van der Waals surface area contributed by atoms with Crippen LogP contribution in [0.1, 0.15) is 60.9 Å². The molecule has 0 atom stereocenters. The second-order valence-corrected chi connectivity index (χ2v) is 13.0. The van der Waals surface area contributed by atoms with Gasteiger partial charge < -0.3 is 4.90 Å². The monoisotopic (exact) mass is 559 g/mol. The van der Waals surface area contributed by atoms with Crippen LogP contribution in [0.2, 0.25) is 5.02 Å². The molecule has 3 aromatic rings. The van der Waals surface area contributed by atoms with E-state index in [0.29, 0.717) is 29.8 Å². The van der Waals surface area contributed by atoms with Crippen molar-refractivity contribution in [2.24, 2.45) is 10.8 Å². The zero-order valence-corrected chi connectivity index (χ0v) is 22.0. The molecule has 4 aliphatic carbocycles. The lowest BCUT2D eigenvalue weighted by Gasteiger charge is -2.73. The number of hydrogen-bond donors (Lipinski definition) is 0. The van der Waals surface area contributed by atoms with Crippen molar-refractivity contribution in [3.63, 3.8) is 0 Å². The number of anilines is 1. The van der Waals surface area contributed by atoms with Crippen molar-refractivity contribution < 1.29 is 17.6 Å². The van der Waals surface area contributed by atoms with E-state index in [-0.39, 0.29) is 30.6 Å². The third kappa shape index (κ3) is 3.26. The van der Waals surface area contributed by atoms with Gasteiger partial charge in [0.05, 0.1) is 29.5 Å². The molecule has 2 aromatic heterocycles. The molecule has 4 saturated carbocycles. The molecule has 6 aliphatic rings. The average molecular weight is 560 g/mol. The summed E-state index contributed by atoms with van der Waals surface area (Å²) in [5.41, 5.74) is 0.497. The summed E-state index contributed by atoms with van der Waals surface area (Å²) >= 11 is 6.38. The van der Waals surface area contributed by atoms with Crippen molar-refractivity contribution in [1.82, 2.24) is 29.6 Å². The maximum Gasteiger partial charge on any atom is 0.394 e. The highest BCUT2D eigenvalue weighted by Crippen LogP contribution is 2.75. The van der Waals surface area contributed by atoms with Gasteiger partial charge in [-0.25, -0.2) is 14.4 Å². The van der Waals surface area contributed by atoms with Gasteiger partial charge in [0.15, 0.2) is 11.6 Å². The number of aromatic nitrogens is 5. The predicted octanol–water partition coefficient (Wildman–Crippen LogP) is 5.34. The Hall–Kier alpha value is -2.79. The van der Waals surface area contributed by atoms with Gasteiger partial charge in [-0.1, -0.05) is 11.6 Å². The summed E-state index contributed by atoms with van der Waals surface area (Å²) in [5.74, 6) is 2.05. The summed E-state index contributed by atoms with van der Waals surface area (Å²) in [4.78, 5) is 12.7. The van der Waals surface area contributed by atoms with Crippen LogP contribution in [0.25, 0.3) is 5.69 Å². The maximum absolute atomic E-state index is 13.6. The molecule has 1 saturated heterocycles. The van der Waals surface area contributed by atoms with Crippen LogP contribution in [0.5, 0.6) is 0 Å². The summed E-state index contributed by atoms with van der Waals surface area (Å²) < 4.78 is 56.4. The third-order valence-corrected chi connectivity index (χ3v) is 10.2. The maximum atomic E-state index is 13.6. The van der Waals surface area contributed by atoms with E-state index in [4.69, 9.17) is 11.6 Å². The van der Waals surface area contributed by atoms with Crippen LogP contribution >= 0.6 is 11.6 Å². The standard InChI is InChI=1S/C27H26ClF4N7/c1-15-19(29)7-33-23(34-15)37-13-24(14-37)5-17(6-24)22-36-35-21-9-38(26-10-25(11-26,12-26)27(30,31)32)8-16-4-18(28)2-3-20(16)39(21)22/h2-4,7,17H,5-6,8-14H2,1H3. The summed E-state index contributed by atoms with van der Waals surface area (Å²) in [6.07, 6.45) is -0.564. The van der Waals surface area contributed by atoms with Crippen LogP contribution in [0.3, 0.4) is 0 Å². The van der Waals surface area contributed by atoms with Crippen molar-refractivity contribution in [3.05, 3.63) is 58.1 Å². The number of alkyl halides is 3. The Labute approximate surface area is 227 Å². The number of nitrogens with zero attached hydrogens (tertiary/aromatic N) is 7. The van der Waals surface area contributed by atoms with E-state index in [0.717, 1.165) is 48.8 Å². The lowest BCUT2D eigenvalue weighted by molar-refractivity contribution is -0.364. The molecule has 9 rings (SSSR count). The van der Waals surface area contributed by atoms with Gasteiger partial charge in [-0.05, 0) is 62.8 Å². The minimum atomic E-state index is -4.14. The van der Waals surface area contributed by atoms with Crippen molar-refractivity contribution in [2.75, 3.05) is 18.0 Å². The first-order valence-electron chi connectivity index (χ1n) is 13.3. The van der Waals surface area contributed by atoms with Gasteiger partial charge in [0.1, 0.15) is 5.82 Å². The van der Waals surface area contributed by atoms with Gasteiger partial charge in [-0.15, -0.1) is 10.2 Å². The Bertz CT molecular complexity index is 1500. The first-order valence-corrected chi connectivity index (χ1v) is 13.7. The molecule has 39 heavy (non-hydrogen) atoms. The van der Waals surface area contributed by atoms with Crippen molar-refractivity contribution >= 4 is 17.5 Å². The molecule has 5 fully saturated rings. The molecule has 0 radical (unpaired) electrons. The van der Waals surface area contributed by atoms with Gasteiger partial charge in [0, 0.05) is 41.5 Å². The van der Waals surface area contributed by atoms with Crippen LogP contribution in [-0.4, -0.2) is 54.4 Å². The van der Waals surface area contributed by atoms with E-state index in [1.165, 1.54) is 6.20 Å². The first kappa shape index (κ1) is 24.0. The zero-order valence-electron chi connectivity index (χ0n) is 21.3. The molecule has 2 aliphatic heterocycles.